The molecule has 1 rings (SSSR count). The summed E-state index contributed by atoms with van der Waals surface area (Å²) in [7, 11) is 0. The van der Waals surface area contributed by atoms with Crippen LogP contribution in [0.4, 0.5) is 0 Å². The molecule has 66 valence electrons. The zero-order valence-corrected chi connectivity index (χ0v) is 7.77. The summed E-state index contributed by atoms with van der Waals surface area (Å²) in [5.41, 5.74) is 0. The van der Waals surface area contributed by atoms with Gasteiger partial charge in [-0.2, -0.15) is 0 Å². The van der Waals surface area contributed by atoms with E-state index in [0.29, 0.717) is 0 Å². The van der Waals surface area contributed by atoms with Crippen molar-refractivity contribution >= 4 is 0 Å². The third kappa shape index (κ3) is 2.80. The first-order chi connectivity index (χ1) is 5.34. The van der Waals surface area contributed by atoms with E-state index in [0.717, 1.165) is 6.04 Å². The molecular weight excluding hydrogens is 136 g/mol. The fourth-order valence-corrected chi connectivity index (χ4v) is 1.58. The van der Waals surface area contributed by atoms with E-state index in [1.54, 1.807) is 0 Å². The third-order valence-electron chi connectivity index (χ3n) is 2.44. The number of rotatable bonds is 3. The molecule has 1 atom stereocenters. The van der Waals surface area contributed by atoms with Crippen LogP contribution in [0.3, 0.4) is 0 Å². The zero-order valence-electron chi connectivity index (χ0n) is 7.77. The quantitative estimate of drug-likeness (QED) is 0.658. The third-order valence-corrected chi connectivity index (χ3v) is 2.44. The topological polar surface area (TPSA) is 15.3 Å². The van der Waals surface area contributed by atoms with E-state index in [-0.39, 0.29) is 0 Å². The van der Waals surface area contributed by atoms with Gasteiger partial charge in [0.1, 0.15) is 0 Å². The first kappa shape index (κ1) is 9.01. The standard InChI is InChI=1S/C9H20N2/c1-3-4-6-11-7-5-10-8-9(11)2/h9-10H,3-8H2,1-2H3. The van der Waals surface area contributed by atoms with Gasteiger partial charge in [0.15, 0.2) is 0 Å². The van der Waals surface area contributed by atoms with E-state index in [4.69, 9.17) is 0 Å². The maximum atomic E-state index is 3.40. The van der Waals surface area contributed by atoms with Gasteiger partial charge in [-0.1, -0.05) is 13.3 Å². The van der Waals surface area contributed by atoms with E-state index < -0.39 is 0 Å². The highest BCUT2D eigenvalue weighted by atomic mass is 15.2. The van der Waals surface area contributed by atoms with Crippen LogP contribution in [0.5, 0.6) is 0 Å². The summed E-state index contributed by atoms with van der Waals surface area (Å²) in [6.45, 7) is 9.44. The lowest BCUT2D eigenvalue weighted by Gasteiger charge is -2.33. The lowest BCUT2D eigenvalue weighted by Crippen LogP contribution is -2.49. The predicted octanol–water partition coefficient (Wildman–Crippen LogP) is 1.08. The van der Waals surface area contributed by atoms with Gasteiger partial charge in [-0.05, 0) is 19.9 Å². The fourth-order valence-electron chi connectivity index (χ4n) is 1.58. The molecule has 2 nitrogen and oxygen atoms in total. The lowest BCUT2D eigenvalue weighted by atomic mass is 10.2. The average Bonchev–Trinajstić information content (AvgIpc) is 2.03. The summed E-state index contributed by atoms with van der Waals surface area (Å²) in [6, 6.07) is 0.746. The van der Waals surface area contributed by atoms with Crippen LogP contribution in [0.1, 0.15) is 26.7 Å². The molecule has 11 heavy (non-hydrogen) atoms. The second-order valence-corrected chi connectivity index (χ2v) is 3.44. The fraction of sp³-hybridized carbons (Fsp3) is 1.00. The van der Waals surface area contributed by atoms with E-state index in [1.807, 2.05) is 0 Å². The van der Waals surface area contributed by atoms with Crippen LogP contribution in [-0.2, 0) is 0 Å². The number of unbranched alkanes of at least 4 members (excludes halogenated alkanes) is 1. The number of nitrogens with one attached hydrogen (secondary N) is 1. The molecule has 0 aromatic carbocycles. The summed E-state index contributed by atoms with van der Waals surface area (Å²) in [5, 5.41) is 3.40. The van der Waals surface area contributed by atoms with Crippen LogP contribution in [-0.4, -0.2) is 37.1 Å². The SMILES string of the molecule is CCCCN1CCNCC1C. The molecule has 0 saturated carbocycles. The molecule has 2 heteroatoms. The maximum absolute atomic E-state index is 3.40. The molecule has 0 bridgehead atoms. The Kier molecular flexibility index (Phi) is 3.87. The van der Waals surface area contributed by atoms with Gasteiger partial charge in [-0.15, -0.1) is 0 Å². The molecule has 1 saturated heterocycles. The number of piperazine rings is 1. The lowest BCUT2D eigenvalue weighted by molar-refractivity contribution is 0.171. The Bertz CT molecular complexity index is 104. The molecule has 1 aliphatic heterocycles. The van der Waals surface area contributed by atoms with Crippen molar-refractivity contribution in [2.75, 3.05) is 26.2 Å². The maximum Gasteiger partial charge on any atom is 0.0192 e. The van der Waals surface area contributed by atoms with Crippen LogP contribution in [0.15, 0.2) is 0 Å². The summed E-state index contributed by atoms with van der Waals surface area (Å²) in [4.78, 5) is 2.58. The Hall–Kier alpha value is -0.0800. The largest absolute Gasteiger partial charge is 0.314 e. The van der Waals surface area contributed by atoms with Gasteiger partial charge in [0, 0.05) is 25.7 Å². The van der Waals surface area contributed by atoms with Crippen molar-refractivity contribution in [2.24, 2.45) is 0 Å². The minimum absolute atomic E-state index is 0.746. The highest BCUT2D eigenvalue weighted by molar-refractivity contribution is 4.75. The molecule has 0 aliphatic carbocycles. The normalized spacial score (nSPS) is 27.3. The highest BCUT2D eigenvalue weighted by Gasteiger charge is 2.15. The smallest absolute Gasteiger partial charge is 0.0192 e. The molecule has 0 radical (unpaired) electrons. The van der Waals surface area contributed by atoms with Crippen LogP contribution in [0.25, 0.3) is 0 Å². The molecular formula is C9H20N2. The van der Waals surface area contributed by atoms with Crippen molar-refractivity contribution in [3.63, 3.8) is 0 Å². The molecule has 1 aliphatic rings. The first-order valence-electron chi connectivity index (χ1n) is 4.79. The Balaban J connectivity index is 2.18. The minimum Gasteiger partial charge on any atom is -0.314 e. The van der Waals surface area contributed by atoms with E-state index in [9.17, 15) is 0 Å². The zero-order chi connectivity index (χ0) is 8.10. The van der Waals surface area contributed by atoms with Gasteiger partial charge < -0.3 is 5.32 Å². The van der Waals surface area contributed by atoms with Crippen LogP contribution in [0, 0.1) is 0 Å². The number of nitrogens with zero attached hydrogens (tertiary/aromatic N) is 1. The van der Waals surface area contributed by atoms with Gasteiger partial charge in [0.25, 0.3) is 0 Å². The minimum atomic E-state index is 0.746. The van der Waals surface area contributed by atoms with Crippen molar-refractivity contribution < 1.29 is 0 Å². The van der Waals surface area contributed by atoms with Crippen LogP contribution >= 0.6 is 0 Å². The summed E-state index contributed by atoms with van der Waals surface area (Å²) < 4.78 is 0. The molecule has 0 spiro atoms. The summed E-state index contributed by atoms with van der Waals surface area (Å²) >= 11 is 0. The van der Waals surface area contributed by atoms with Gasteiger partial charge in [0.2, 0.25) is 0 Å². The molecule has 1 fully saturated rings. The molecule has 0 aromatic heterocycles. The Morgan fingerprint density at radius 3 is 3.00 bits per heavy atom. The van der Waals surface area contributed by atoms with E-state index in [2.05, 4.69) is 24.1 Å². The van der Waals surface area contributed by atoms with E-state index >= 15 is 0 Å². The predicted molar refractivity (Wildman–Crippen MR) is 48.8 cm³/mol. The molecule has 1 heterocycles. The van der Waals surface area contributed by atoms with Gasteiger partial charge in [-0.25, -0.2) is 0 Å². The molecule has 1 N–H and O–H groups in total. The monoisotopic (exact) mass is 156 g/mol. The van der Waals surface area contributed by atoms with Crippen molar-refractivity contribution in [3.8, 4) is 0 Å². The number of hydrogen-bond donors (Lipinski definition) is 1. The molecule has 0 amide bonds. The average molecular weight is 156 g/mol. The summed E-state index contributed by atoms with van der Waals surface area (Å²) in [5.74, 6) is 0. The van der Waals surface area contributed by atoms with Gasteiger partial charge in [0.05, 0.1) is 0 Å². The van der Waals surface area contributed by atoms with Crippen molar-refractivity contribution in [2.45, 2.75) is 32.7 Å². The van der Waals surface area contributed by atoms with Crippen molar-refractivity contribution in [3.05, 3.63) is 0 Å². The van der Waals surface area contributed by atoms with Gasteiger partial charge >= 0.3 is 0 Å². The van der Waals surface area contributed by atoms with Crippen molar-refractivity contribution in [1.29, 1.82) is 0 Å². The van der Waals surface area contributed by atoms with Crippen LogP contribution < -0.4 is 5.32 Å². The molecule has 1 unspecified atom stereocenters. The Morgan fingerprint density at radius 1 is 1.55 bits per heavy atom. The summed E-state index contributed by atoms with van der Waals surface area (Å²) in [6.07, 6.45) is 2.67. The number of hydrogen-bond acceptors (Lipinski definition) is 2. The molecule has 0 aromatic rings. The Labute approximate surface area is 70.0 Å². The first-order valence-corrected chi connectivity index (χ1v) is 4.79. The van der Waals surface area contributed by atoms with Crippen LogP contribution in [0.2, 0.25) is 0 Å². The second kappa shape index (κ2) is 4.73. The van der Waals surface area contributed by atoms with Crippen molar-refractivity contribution in [1.82, 2.24) is 10.2 Å². The Morgan fingerprint density at radius 2 is 2.36 bits per heavy atom. The van der Waals surface area contributed by atoms with E-state index in [1.165, 1.54) is 39.0 Å². The van der Waals surface area contributed by atoms with Gasteiger partial charge in [-0.3, -0.25) is 4.90 Å². The second-order valence-electron chi connectivity index (χ2n) is 3.44. The highest BCUT2D eigenvalue weighted by Crippen LogP contribution is 2.03.